The molecule has 200 valence electrons. The van der Waals surface area contributed by atoms with Gasteiger partial charge in [-0.05, 0) is 45.2 Å². The van der Waals surface area contributed by atoms with E-state index < -0.39 is 59.8 Å². The highest BCUT2D eigenvalue weighted by molar-refractivity contribution is 6.01. The fraction of sp³-hybridized carbons (Fsp3) is 0.542. The molecule has 12 heteroatoms. The number of carbonyl (C=O) groups excluding carboxylic acids is 4. The molecule has 0 heterocycles. The number of benzene rings is 1. The Morgan fingerprint density at radius 3 is 2.22 bits per heavy atom. The summed E-state index contributed by atoms with van der Waals surface area (Å²) in [7, 11) is 0. The molecule has 1 aromatic carbocycles. The zero-order valence-corrected chi connectivity index (χ0v) is 20.9. The normalized spacial score (nSPS) is 15.1. The van der Waals surface area contributed by atoms with Crippen molar-refractivity contribution in [3.63, 3.8) is 0 Å². The highest BCUT2D eigenvalue weighted by atomic mass is 16.6. The summed E-state index contributed by atoms with van der Waals surface area (Å²) in [6.07, 6.45) is -3.14. The molecule has 0 aliphatic carbocycles. The van der Waals surface area contributed by atoms with Crippen LogP contribution in [0.1, 0.15) is 57.8 Å². The lowest BCUT2D eigenvalue weighted by Gasteiger charge is -2.29. The fourth-order valence-electron chi connectivity index (χ4n) is 3.19. The van der Waals surface area contributed by atoms with Crippen LogP contribution < -0.4 is 10.6 Å². The lowest BCUT2D eigenvalue weighted by atomic mass is 10.00. The summed E-state index contributed by atoms with van der Waals surface area (Å²) in [5.74, 6) is -5.56. The third-order valence-corrected chi connectivity index (χ3v) is 5.36. The van der Waals surface area contributed by atoms with Gasteiger partial charge in [0, 0.05) is 6.42 Å². The molecule has 0 saturated carbocycles. The molecule has 36 heavy (non-hydrogen) atoms. The van der Waals surface area contributed by atoms with Gasteiger partial charge in [0.15, 0.2) is 17.9 Å². The zero-order chi connectivity index (χ0) is 27.6. The molecule has 2 amide bonds. The number of ether oxygens (including phenoxy) is 2. The van der Waals surface area contributed by atoms with Gasteiger partial charge in [0.1, 0.15) is 6.10 Å². The lowest BCUT2D eigenvalue weighted by Crippen LogP contribution is -2.51. The fourth-order valence-corrected chi connectivity index (χ4v) is 3.19. The maximum atomic E-state index is 12.8. The number of carbonyl (C=O) groups is 5. The number of carboxylic acids is 1. The first-order valence-corrected chi connectivity index (χ1v) is 11.4. The Bertz CT molecular complexity index is 947. The summed E-state index contributed by atoms with van der Waals surface area (Å²) in [5, 5.41) is 34.2. The maximum Gasteiger partial charge on any atom is 0.331 e. The molecule has 5 N–H and O–H groups in total. The Kier molecular flexibility index (Phi) is 11.8. The molecule has 0 saturated heterocycles. The minimum atomic E-state index is -1.61. The zero-order valence-electron chi connectivity index (χ0n) is 20.9. The Balaban J connectivity index is 3.03. The molecule has 1 aromatic rings. The number of amides is 2. The average Bonchev–Trinajstić information content (AvgIpc) is 2.79. The number of aliphatic hydroxyl groups is 1. The predicted octanol–water partition coefficient (Wildman–Crippen LogP) is 1.44. The summed E-state index contributed by atoms with van der Waals surface area (Å²) in [6.45, 7) is 7.66. The van der Waals surface area contributed by atoms with E-state index in [0.29, 0.717) is 12.8 Å². The first-order valence-electron chi connectivity index (χ1n) is 11.4. The van der Waals surface area contributed by atoms with Crippen LogP contribution in [0.2, 0.25) is 0 Å². The Hall–Kier alpha value is -3.67. The van der Waals surface area contributed by atoms with Crippen LogP contribution in [0, 0.1) is 11.8 Å². The Labute approximate surface area is 209 Å². The molecule has 0 bridgehead atoms. The molecule has 1 rings (SSSR count). The van der Waals surface area contributed by atoms with Gasteiger partial charge in [-0.25, -0.2) is 4.79 Å². The molecule has 0 radical (unpaired) electrons. The SMILES string of the molecule is CC(C)CCC(=O)O[C@H]([C@H](C)OC(=O)[C@@H](NC(=O)c1cccc(NC=O)c1O)[C@H](C)O)[C@@H](C)C(=O)O. The number of aromatic hydroxyl groups is 1. The maximum absolute atomic E-state index is 12.8. The summed E-state index contributed by atoms with van der Waals surface area (Å²) >= 11 is 0. The molecule has 12 nitrogen and oxygen atoms in total. The summed E-state index contributed by atoms with van der Waals surface area (Å²) < 4.78 is 10.6. The van der Waals surface area contributed by atoms with Gasteiger partial charge in [0.05, 0.1) is 23.3 Å². The molecule has 0 aromatic heterocycles. The third kappa shape index (κ3) is 8.84. The number of rotatable bonds is 14. The molecule has 0 unspecified atom stereocenters. The second-order valence-corrected chi connectivity index (χ2v) is 8.81. The van der Waals surface area contributed by atoms with Crippen molar-refractivity contribution in [2.45, 2.75) is 71.8 Å². The predicted molar refractivity (Wildman–Crippen MR) is 127 cm³/mol. The second kappa shape index (κ2) is 14.0. The molecule has 5 atom stereocenters. The quantitative estimate of drug-likeness (QED) is 0.139. The molecule has 0 spiro atoms. The van der Waals surface area contributed by atoms with Gasteiger partial charge in [-0.1, -0.05) is 19.9 Å². The largest absolute Gasteiger partial charge is 0.505 e. The van der Waals surface area contributed by atoms with Crippen molar-refractivity contribution in [3.05, 3.63) is 23.8 Å². The monoisotopic (exact) mass is 510 g/mol. The van der Waals surface area contributed by atoms with Crippen molar-refractivity contribution >= 4 is 35.9 Å². The number of hydrogen-bond acceptors (Lipinski definition) is 9. The number of anilines is 1. The van der Waals surface area contributed by atoms with Crippen LogP contribution in [0.15, 0.2) is 18.2 Å². The van der Waals surface area contributed by atoms with Gasteiger partial charge in [0.2, 0.25) is 6.41 Å². The average molecular weight is 511 g/mol. The lowest BCUT2D eigenvalue weighted by molar-refractivity contribution is -0.177. The van der Waals surface area contributed by atoms with Crippen molar-refractivity contribution in [1.29, 1.82) is 0 Å². The van der Waals surface area contributed by atoms with Gasteiger partial charge >= 0.3 is 17.9 Å². The van der Waals surface area contributed by atoms with Gasteiger partial charge in [-0.3, -0.25) is 19.2 Å². The van der Waals surface area contributed by atoms with E-state index in [1.54, 1.807) is 0 Å². The van der Waals surface area contributed by atoms with Crippen molar-refractivity contribution in [1.82, 2.24) is 5.32 Å². The number of esters is 2. The van der Waals surface area contributed by atoms with Gasteiger partial charge in [-0.15, -0.1) is 0 Å². The van der Waals surface area contributed by atoms with Crippen LogP contribution in [0.4, 0.5) is 5.69 Å². The summed E-state index contributed by atoms with van der Waals surface area (Å²) in [5.41, 5.74) is -0.336. The highest BCUT2D eigenvalue weighted by Crippen LogP contribution is 2.27. The minimum Gasteiger partial charge on any atom is -0.505 e. The smallest absolute Gasteiger partial charge is 0.331 e. The van der Waals surface area contributed by atoms with Gasteiger partial charge in [0.25, 0.3) is 5.91 Å². The topological polar surface area (TPSA) is 189 Å². The van der Waals surface area contributed by atoms with Crippen molar-refractivity contribution in [3.8, 4) is 5.75 Å². The van der Waals surface area contributed by atoms with E-state index in [-0.39, 0.29) is 23.6 Å². The van der Waals surface area contributed by atoms with Crippen LogP contribution in [-0.2, 0) is 28.7 Å². The summed E-state index contributed by atoms with van der Waals surface area (Å²) in [4.78, 5) is 59.9. The minimum absolute atomic E-state index is 0.0489. The number of phenols is 1. The molecule has 0 fully saturated rings. The van der Waals surface area contributed by atoms with E-state index in [9.17, 15) is 39.3 Å². The number of para-hydroxylation sites is 1. The standard InChI is InChI=1S/C24H34N2O10/c1-12(2)9-10-18(29)36-21(13(3)23(32)33)15(5)35-24(34)19(14(4)28)26-22(31)16-7-6-8-17(20(16)30)25-11-27/h6-8,11-15,19,21,28,30H,9-10H2,1-5H3,(H,25,27)(H,26,31)(H,32,33)/t13-,14+,15+,19+,21+/m1/s1. The van der Waals surface area contributed by atoms with Crippen molar-refractivity contribution in [2.75, 3.05) is 5.32 Å². The number of aliphatic hydroxyl groups excluding tert-OH is 1. The van der Waals surface area contributed by atoms with E-state index >= 15 is 0 Å². The molecular weight excluding hydrogens is 476 g/mol. The third-order valence-electron chi connectivity index (χ3n) is 5.36. The Morgan fingerprint density at radius 1 is 1.06 bits per heavy atom. The van der Waals surface area contributed by atoms with E-state index in [2.05, 4.69) is 10.6 Å². The molecule has 0 aliphatic rings. The molecular formula is C24H34N2O10. The number of carboxylic acid groups (broad SMARTS) is 1. The van der Waals surface area contributed by atoms with Crippen LogP contribution in [-0.4, -0.2) is 69.9 Å². The van der Waals surface area contributed by atoms with E-state index in [4.69, 9.17) is 9.47 Å². The second-order valence-electron chi connectivity index (χ2n) is 8.81. The summed E-state index contributed by atoms with van der Waals surface area (Å²) in [6, 6.07) is 2.34. The van der Waals surface area contributed by atoms with Crippen LogP contribution >= 0.6 is 0 Å². The van der Waals surface area contributed by atoms with Crippen LogP contribution in [0.3, 0.4) is 0 Å². The van der Waals surface area contributed by atoms with Crippen molar-refractivity contribution in [2.24, 2.45) is 11.8 Å². The van der Waals surface area contributed by atoms with Crippen molar-refractivity contribution < 1.29 is 48.8 Å². The number of aliphatic carboxylic acids is 1. The number of nitrogens with one attached hydrogen (secondary N) is 2. The van der Waals surface area contributed by atoms with E-state index in [0.717, 1.165) is 0 Å². The molecule has 0 aliphatic heterocycles. The highest BCUT2D eigenvalue weighted by Gasteiger charge is 2.37. The van der Waals surface area contributed by atoms with Gasteiger partial charge < -0.3 is 35.4 Å². The first kappa shape index (κ1) is 30.4. The first-order chi connectivity index (χ1) is 16.8. The van der Waals surface area contributed by atoms with E-state index in [1.165, 1.54) is 39.0 Å². The number of hydrogen-bond donors (Lipinski definition) is 5. The Morgan fingerprint density at radius 2 is 1.69 bits per heavy atom. The number of phenolic OH excluding ortho intramolecular Hbond substituents is 1. The van der Waals surface area contributed by atoms with E-state index in [1.807, 2.05) is 13.8 Å². The van der Waals surface area contributed by atoms with Crippen LogP contribution in [0.5, 0.6) is 5.75 Å². The van der Waals surface area contributed by atoms with Gasteiger partial charge in [-0.2, -0.15) is 0 Å². The van der Waals surface area contributed by atoms with Crippen LogP contribution in [0.25, 0.3) is 0 Å².